The molecule has 0 N–H and O–H groups in total. The summed E-state index contributed by atoms with van der Waals surface area (Å²) < 4.78 is 3.26. The van der Waals surface area contributed by atoms with Crippen molar-refractivity contribution in [2.75, 3.05) is 0 Å². The Morgan fingerprint density at radius 3 is 2.48 bits per heavy atom. The summed E-state index contributed by atoms with van der Waals surface area (Å²) in [5, 5.41) is 1.09. The number of rotatable bonds is 3. The summed E-state index contributed by atoms with van der Waals surface area (Å²) in [4.78, 5) is 21.9. The van der Waals surface area contributed by atoms with Gasteiger partial charge in [0, 0.05) is 36.6 Å². The van der Waals surface area contributed by atoms with Gasteiger partial charge in [0.05, 0.1) is 22.6 Å². The zero-order valence-corrected chi connectivity index (χ0v) is 15.9. The number of nitrogens with zero attached hydrogens (tertiary/aromatic N) is 4. The van der Waals surface area contributed by atoms with Crippen molar-refractivity contribution >= 4 is 10.9 Å². The number of imidazole rings is 1. The van der Waals surface area contributed by atoms with E-state index in [9.17, 15) is 4.79 Å². The molecule has 3 heterocycles. The summed E-state index contributed by atoms with van der Waals surface area (Å²) in [5.74, 6) is 0. The minimum absolute atomic E-state index is 0.106. The van der Waals surface area contributed by atoms with E-state index in [4.69, 9.17) is 0 Å². The van der Waals surface area contributed by atoms with Gasteiger partial charge in [0.1, 0.15) is 0 Å². The molecule has 0 aliphatic rings. The van der Waals surface area contributed by atoms with Crippen LogP contribution in [0.4, 0.5) is 0 Å². The van der Waals surface area contributed by atoms with Crippen molar-refractivity contribution in [2.45, 2.75) is 0 Å². The molecule has 0 aliphatic carbocycles. The molecule has 0 aliphatic heterocycles. The van der Waals surface area contributed by atoms with E-state index >= 15 is 0 Å². The van der Waals surface area contributed by atoms with E-state index in [-0.39, 0.29) is 5.69 Å². The van der Waals surface area contributed by atoms with Crippen LogP contribution >= 0.6 is 0 Å². The van der Waals surface area contributed by atoms with Crippen molar-refractivity contribution in [1.82, 2.24) is 19.1 Å². The summed E-state index contributed by atoms with van der Waals surface area (Å²) in [5.41, 5.74) is 5.17. The van der Waals surface area contributed by atoms with Crippen LogP contribution in [0.2, 0.25) is 0 Å². The van der Waals surface area contributed by atoms with E-state index < -0.39 is 0 Å². The van der Waals surface area contributed by atoms with E-state index in [0.717, 1.165) is 39.1 Å². The maximum Gasteiger partial charge on any atom is 0.333 e. The van der Waals surface area contributed by atoms with Gasteiger partial charge in [0.25, 0.3) is 0 Å². The molecule has 0 atom stereocenters. The predicted molar refractivity (Wildman–Crippen MR) is 115 cm³/mol. The van der Waals surface area contributed by atoms with Crippen LogP contribution in [-0.2, 0) is 7.05 Å². The molecular weight excluding hydrogens is 360 g/mol. The van der Waals surface area contributed by atoms with Gasteiger partial charge in [-0.1, -0.05) is 36.4 Å². The lowest BCUT2D eigenvalue weighted by molar-refractivity contribution is 0.824. The van der Waals surface area contributed by atoms with E-state index in [2.05, 4.69) is 22.1 Å². The predicted octanol–water partition coefficient (Wildman–Crippen LogP) is 4.45. The number of hydrogen-bond donors (Lipinski definition) is 0. The fourth-order valence-electron chi connectivity index (χ4n) is 3.54. The third-order valence-electron chi connectivity index (χ3n) is 5.01. The summed E-state index contributed by atoms with van der Waals surface area (Å²) in [7, 11) is 1.75. The highest BCUT2D eigenvalue weighted by Crippen LogP contribution is 2.27. The molecule has 0 unspecified atom stereocenters. The maximum absolute atomic E-state index is 12.8. The van der Waals surface area contributed by atoms with Gasteiger partial charge >= 0.3 is 5.69 Å². The second-order valence-electron chi connectivity index (χ2n) is 6.93. The van der Waals surface area contributed by atoms with Crippen LogP contribution in [0.15, 0.2) is 96.2 Å². The fourth-order valence-corrected chi connectivity index (χ4v) is 3.54. The average Bonchev–Trinajstić information content (AvgIpc) is 3.08. The highest BCUT2D eigenvalue weighted by atomic mass is 16.1. The number of fused-ring (bicyclic) bond motifs is 1. The van der Waals surface area contributed by atoms with Crippen molar-refractivity contribution in [3.63, 3.8) is 0 Å². The molecule has 5 rings (SSSR count). The molecule has 140 valence electrons. The van der Waals surface area contributed by atoms with E-state index in [0.29, 0.717) is 0 Å². The van der Waals surface area contributed by atoms with Crippen LogP contribution in [0.1, 0.15) is 0 Å². The third-order valence-corrected chi connectivity index (χ3v) is 5.01. The van der Waals surface area contributed by atoms with Crippen LogP contribution in [0.25, 0.3) is 39.1 Å². The van der Waals surface area contributed by atoms with Gasteiger partial charge in [0.2, 0.25) is 0 Å². The van der Waals surface area contributed by atoms with Gasteiger partial charge < -0.3 is 4.57 Å². The molecule has 0 amide bonds. The normalized spacial score (nSPS) is 11.1. The number of pyridine rings is 2. The van der Waals surface area contributed by atoms with Gasteiger partial charge in [-0.25, -0.2) is 4.79 Å². The first kappa shape index (κ1) is 17.1. The number of para-hydroxylation sites is 2. The molecule has 0 spiro atoms. The highest BCUT2D eigenvalue weighted by molar-refractivity contribution is 5.84. The molecule has 3 aromatic heterocycles. The van der Waals surface area contributed by atoms with Crippen molar-refractivity contribution in [2.24, 2.45) is 7.05 Å². The Labute approximate surface area is 167 Å². The second kappa shape index (κ2) is 6.87. The SMILES string of the molecule is Cn1cc(-c2cc(-c3cnc4ccccc4c3)ccn2)n(-c2ccccc2)c1=O. The topological polar surface area (TPSA) is 52.7 Å². The molecule has 0 fully saturated rings. The van der Waals surface area contributed by atoms with E-state index in [1.165, 1.54) is 0 Å². The first-order valence-corrected chi connectivity index (χ1v) is 9.36. The number of benzene rings is 2. The lowest BCUT2D eigenvalue weighted by Gasteiger charge is -2.09. The molecule has 5 heteroatoms. The average molecular weight is 378 g/mol. The minimum atomic E-state index is -0.106. The van der Waals surface area contributed by atoms with Crippen LogP contribution in [-0.4, -0.2) is 19.1 Å². The Kier molecular flexibility index (Phi) is 4.06. The molecule has 0 radical (unpaired) electrons. The first-order valence-electron chi connectivity index (χ1n) is 9.36. The Bertz CT molecular complexity index is 1380. The van der Waals surface area contributed by atoms with Crippen LogP contribution in [0.3, 0.4) is 0 Å². The van der Waals surface area contributed by atoms with Crippen LogP contribution in [0, 0.1) is 0 Å². The number of hydrogen-bond acceptors (Lipinski definition) is 3. The van der Waals surface area contributed by atoms with Gasteiger partial charge in [-0.3, -0.25) is 14.5 Å². The summed E-state index contributed by atoms with van der Waals surface area (Å²) in [6, 6.07) is 23.7. The molecule has 0 bridgehead atoms. The van der Waals surface area contributed by atoms with Gasteiger partial charge in [-0.15, -0.1) is 0 Å². The minimum Gasteiger partial charge on any atom is -0.301 e. The zero-order chi connectivity index (χ0) is 19.8. The number of aromatic nitrogens is 4. The molecule has 5 aromatic rings. The maximum atomic E-state index is 12.8. The van der Waals surface area contributed by atoms with Gasteiger partial charge in [0.15, 0.2) is 0 Å². The summed E-state index contributed by atoms with van der Waals surface area (Å²) in [6.45, 7) is 0. The smallest absolute Gasteiger partial charge is 0.301 e. The van der Waals surface area contributed by atoms with E-state index in [1.807, 2.05) is 73.1 Å². The van der Waals surface area contributed by atoms with Gasteiger partial charge in [-0.2, -0.15) is 0 Å². The molecule has 29 heavy (non-hydrogen) atoms. The Balaban J connectivity index is 1.66. The summed E-state index contributed by atoms with van der Waals surface area (Å²) >= 11 is 0. The Morgan fingerprint density at radius 1 is 0.828 bits per heavy atom. The van der Waals surface area contributed by atoms with Crippen LogP contribution < -0.4 is 5.69 Å². The van der Waals surface area contributed by atoms with Gasteiger partial charge in [-0.05, 0) is 42.0 Å². The lowest BCUT2D eigenvalue weighted by atomic mass is 10.1. The second-order valence-corrected chi connectivity index (χ2v) is 6.93. The standard InChI is InChI=1S/C24H18N4O/c1-27-16-23(28(24(27)29)20-8-3-2-4-9-20)22-14-17(11-12-25-22)19-13-18-7-5-6-10-21(18)26-15-19/h2-16H,1H3. The van der Waals surface area contributed by atoms with Crippen LogP contribution in [0.5, 0.6) is 0 Å². The monoisotopic (exact) mass is 378 g/mol. The lowest BCUT2D eigenvalue weighted by Crippen LogP contribution is -2.21. The van der Waals surface area contributed by atoms with Crippen molar-refractivity contribution in [3.8, 4) is 28.2 Å². The highest BCUT2D eigenvalue weighted by Gasteiger charge is 2.15. The molecule has 0 saturated carbocycles. The number of aryl methyl sites for hydroxylation is 1. The Morgan fingerprint density at radius 2 is 1.62 bits per heavy atom. The van der Waals surface area contributed by atoms with E-state index in [1.54, 1.807) is 22.4 Å². The quantitative estimate of drug-likeness (QED) is 0.466. The summed E-state index contributed by atoms with van der Waals surface area (Å²) in [6.07, 6.45) is 5.46. The Hall–Kier alpha value is -3.99. The van der Waals surface area contributed by atoms with Crippen molar-refractivity contribution in [3.05, 3.63) is 102 Å². The largest absolute Gasteiger partial charge is 0.333 e. The van der Waals surface area contributed by atoms with Crippen molar-refractivity contribution in [1.29, 1.82) is 0 Å². The first-order chi connectivity index (χ1) is 14.2. The molecular formula is C24H18N4O. The molecule has 2 aromatic carbocycles. The molecule has 5 nitrogen and oxygen atoms in total. The van der Waals surface area contributed by atoms with Crippen molar-refractivity contribution < 1.29 is 0 Å². The third kappa shape index (κ3) is 3.02. The fraction of sp³-hybridized carbons (Fsp3) is 0.0417. The zero-order valence-electron chi connectivity index (χ0n) is 15.9. The molecule has 0 saturated heterocycles.